The van der Waals surface area contributed by atoms with Crippen LogP contribution in [0.4, 0.5) is 5.69 Å². The number of aromatic hydroxyl groups is 1. The van der Waals surface area contributed by atoms with Gasteiger partial charge in [-0.2, -0.15) is 0 Å². The maximum atomic E-state index is 12.1. The van der Waals surface area contributed by atoms with E-state index in [4.69, 9.17) is 4.74 Å². The lowest BCUT2D eigenvalue weighted by Crippen LogP contribution is -2.35. The maximum Gasteiger partial charge on any atom is 0.251 e. The van der Waals surface area contributed by atoms with Gasteiger partial charge in [0.1, 0.15) is 11.5 Å². The summed E-state index contributed by atoms with van der Waals surface area (Å²) in [5.74, 6) is 0.772. The maximum absolute atomic E-state index is 12.1. The monoisotopic (exact) mass is 312 g/mol. The van der Waals surface area contributed by atoms with E-state index in [1.807, 2.05) is 49.2 Å². The smallest absolute Gasteiger partial charge is 0.251 e. The highest BCUT2D eigenvalue weighted by atomic mass is 16.5. The molecule has 0 bridgehead atoms. The Morgan fingerprint density at radius 2 is 2.00 bits per heavy atom. The van der Waals surface area contributed by atoms with Crippen molar-refractivity contribution in [2.24, 2.45) is 0 Å². The molecule has 0 aliphatic carbocycles. The molecule has 0 saturated heterocycles. The molecular formula is C18H20N2O3. The molecule has 0 radical (unpaired) electrons. The van der Waals surface area contributed by atoms with Gasteiger partial charge in [-0.3, -0.25) is 4.79 Å². The first-order chi connectivity index (χ1) is 11.0. The van der Waals surface area contributed by atoms with Gasteiger partial charge in [0.15, 0.2) is 6.23 Å². The molecule has 2 aromatic carbocycles. The molecule has 3 rings (SSSR count). The van der Waals surface area contributed by atoms with Crippen LogP contribution >= 0.6 is 0 Å². The van der Waals surface area contributed by atoms with Crippen molar-refractivity contribution in [3.05, 3.63) is 53.6 Å². The van der Waals surface area contributed by atoms with Crippen molar-refractivity contribution in [1.82, 2.24) is 5.32 Å². The van der Waals surface area contributed by atoms with Crippen LogP contribution in [-0.2, 0) is 0 Å². The van der Waals surface area contributed by atoms with Crippen molar-refractivity contribution in [2.45, 2.75) is 19.6 Å². The number of phenols is 1. The van der Waals surface area contributed by atoms with Crippen molar-refractivity contribution in [1.29, 1.82) is 0 Å². The molecule has 5 heteroatoms. The number of nitrogens with zero attached hydrogens (tertiary/aromatic N) is 1. The Morgan fingerprint density at radius 1 is 1.26 bits per heavy atom. The second-order valence-corrected chi connectivity index (χ2v) is 5.75. The Labute approximate surface area is 135 Å². The minimum Gasteiger partial charge on any atom is -0.508 e. The van der Waals surface area contributed by atoms with Crippen LogP contribution in [0.5, 0.6) is 11.5 Å². The third-order valence-electron chi connectivity index (χ3n) is 4.01. The van der Waals surface area contributed by atoms with Crippen molar-refractivity contribution < 1.29 is 14.6 Å². The van der Waals surface area contributed by atoms with E-state index in [1.54, 1.807) is 12.1 Å². The van der Waals surface area contributed by atoms with Crippen LogP contribution in [0, 0.1) is 6.92 Å². The van der Waals surface area contributed by atoms with Gasteiger partial charge in [-0.25, -0.2) is 0 Å². The van der Waals surface area contributed by atoms with E-state index in [2.05, 4.69) is 5.32 Å². The lowest BCUT2D eigenvalue weighted by atomic mass is 10.1. The summed E-state index contributed by atoms with van der Waals surface area (Å²) in [6.45, 7) is 2.51. The van der Waals surface area contributed by atoms with Crippen molar-refractivity contribution >= 4 is 11.6 Å². The molecule has 2 aromatic rings. The number of aryl methyl sites for hydroxylation is 1. The first-order valence-electron chi connectivity index (χ1n) is 7.62. The Morgan fingerprint density at radius 3 is 2.74 bits per heavy atom. The van der Waals surface area contributed by atoms with Crippen molar-refractivity contribution in [3.8, 4) is 11.5 Å². The van der Waals surface area contributed by atoms with Crippen LogP contribution in [0.1, 0.15) is 22.3 Å². The number of phenolic OH excluding ortho intramolecular Hbond substituents is 1. The summed E-state index contributed by atoms with van der Waals surface area (Å²) in [6, 6.07) is 12.6. The molecule has 23 heavy (non-hydrogen) atoms. The van der Waals surface area contributed by atoms with E-state index in [0.717, 1.165) is 11.3 Å². The second kappa shape index (κ2) is 6.20. The summed E-state index contributed by atoms with van der Waals surface area (Å²) in [5, 5.41) is 12.4. The molecule has 1 aliphatic heterocycles. The van der Waals surface area contributed by atoms with Crippen molar-refractivity contribution in [2.75, 3.05) is 18.5 Å². The van der Waals surface area contributed by atoms with Gasteiger partial charge in [0.25, 0.3) is 5.91 Å². The molecule has 1 atom stereocenters. The van der Waals surface area contributed by atoms with Crippen LogP contribution in [0.3, 0.4) is 0 Å². The molecule has 1 amide bonds. The standard InChI is InChI=1S/C18H20N2O3/c1-12-3-5-13(6-4-12)18(22)19-10-9-17-20(2)15-8-7-14(21)11-16(15)23-17/h3-8,11,17,21H,9-10H2,1-2H3,(H,19,22). The summed E-state index contributed by atoms with van der Waals surface area (Å²) in [7, 11) is 1.94. The zero-order valence-electron chi connectivity index (χ0n) is 13.2. The molecule has 1 aliphatic rings. The van der Waals surface area contributed by atoms with Crippen LogP contribution in [0.25, 0.3) is 0 Å². The number of ether oxygens (including phenoxy) is 1. The number of benzene rings is 2. The van der Waals surface area contributed by atoms with Gasteiger partial charge in [0, 0.05) is 31.6 Å². The van der Waals surface area contributed by atoms with E-state index in [-0.39, 0.29) is 17.9 Å². The van der Waals surface area contributed by atoms with Crippen LogP contribution in [0.15, 0.2) is 42.5 Å². The lowest BCUT2D eigenvalue weighted by Gasteiger charge is -2.20. The highest BCUT2D eigenvalue weighted by Gasteiger charge is 2.27. The topological polar surface area (TPSA) is 61.8 Å². The first kappa shape index (κ1) is 15.2. The molecule has 0 spiro atoms. The second-order valence-electron chi connectivity index (χ2n) is 5.75. The van der Waals surface area contributed by atoms with Gasteiger partial charge < -0.3 is 20.1 Å². The Balaban J connectivity index is 1.54. The van der Waals surface area contributed by atoms with Gasteiger partial charge in [-0.05, 0) is 31.2 Å². The first-order valence-corrected chi connectivity index (χ1v) is 7.62. The largest absolute Gasteiger partial charge is 0.508 e. The Hall–Kier alpha value is -2.69. The third kappa shape index (κ3) is 3.23. The molecule has 0 saturated carbocycles. The van der Waals surface area contributed by atoms with E-state index in [9.17, 15) is 9.90 Å². The number of carbonyl (C=O) groups excluding carboxylic acids is 1. The Kier molecular flexibility index (Phi) is 4.10. The van der Waals surface area contributed by atoms with Gasteiger partial charge in [-0.1, -0.05) is 17.7 Å². The van der Waals surface area contributed by atoms with Gasteiger partial charge in [0.05, 0.1) is 5.69 Å². The SMILES string of the molecule is Cc1ccc(C(=O)NCCC2Oc3cc(O)ccc3N2C)cc1. The molecule has 0 aromatic heterocycles. The fourth-order valence-corrected chi connectivity index (χ4v) is 2.64. The molecule has 1 unspecified atom stereocenters. The number of amides is 1. The summed E-state index contributed by atoms with van der Waals surface area (Å²) in [5.41, 5.74) is 2.73. The van der Waals surface area contributed by atoms with Crippen LogP contribution in [0.2, 0.25) is 0 Å². The fraction of sp³-hybridized carbons (Fsp3) is 0.278. The van der Waals surface area contributed by atoms with E-state index in [0.29, 0.717) is 24.3 Å². The predicted molar refractivity (Wildman–Crippen MR) is 89.1 cm³/mol. The number of carbonyl (C=O) groups is 1. The minimum absolute atomic E-state index is 0.0826. The summed E-state index contributed by atoms with van der Waals surface area (Å²) in [6.07, 6.45) is 0.508. The Bertz CT molecular complexity index is 713. The zero-order chi connectivity index (χ0) is 16.4. The molecule has 2 N–H and O–H groups in total. The fourth-order valence-electron chi connectivity index (χ4n) is 2.64. The number of anilines is 1. The summed E-state index contributed by atoms with van der Waals surface area (Å²) in [4.78, 5) is 14.1. The average molecular weight is 312 g/mol. The molecular weight excluding hydrogens is 292 g/mol. The van der Waals surface area contributed by atoms with Crippen LogP contribution < -0.4 is 15.0 Å². The quantitative estimate of drug-likeness (QED) is 0.911. The number of fused-ring (bicyclic) bond motifs is 1. The molecule has 0 fully saturated rings. The molecule has 1 heterocycles. The number of hydrogen-bond donors (Lipinski definition) is 2. The number of hydrogen-bond acceptors (Lipinski definition) is 4. The summed E-state index contributed by atoms with van der Waals surface area (Å²) < 4.78 is 5.82. The van der Waals surface area contributed by atoms with Gasteiger partial charge in [0.2, 0.25) is 0 Å². The average Bonchev–Trinajstić information content (AvgIpc) is 2.83. The van der Waals surface area contributed by atoms with Gasteiger partial charge >= 0.3 is 0 Å². The predicted octanol–water partition coefficient (Wildman–Crippen LogP) is 2.68. The lowest BCUT2D eigenvalue weighted by molar-refractivity contribution is 0.0947. The highest BCUT2D eigenvalue weighted by Crippen LogP contribution is 2.38. The van der Waals surface area contributed by atoms with Gasteiger partial charge in [-0.15, -0.1) is 0 Å². The highest BCUT2D eigenvalue weighted by molar-refractivity contribution is 5.94. The van der Waals surface area contributed by atoms with E-state index >= 15 is 0 Å². The van der Waals surface area contributed by atoms with Crippen molar-refractivity contribution in [3.63, 3.8) is 0 Å². The van der Waals surface area contributed by atoms with E-state index < -0.39 is 0 Å². The normalized spacial score (nSPS) is 15.9. The number of nitrogens with one attached hydrogen (secondary N) is 1. The third-order valence-corrected chi connectivity index (χ3v) is 4.01. The molecule has 5 nitrogen and oxygen atoms in total. The van der Waals surface area contributed by atoms with E-state index in [1.165, 1.54) is 0 Å². The zero-order valence-corrected chi connectivity index (χ0v) is 13.2. The summed E-state index contributed by atoms with van der Waals surface area (Å²) >= 11 is 0. The number of rotatable bonds is 4. The molecule has 120 valence electrons. The minimum atomic E-state index is -0.148. The van der Waals surface area contributed by atoms with Crippen LogP contribution in [-0.4, -0.2) is 30.8 Å².